The van der Waals surface area contributed by atoms with Crippen molar-refractivity contribution in [2.45, 2.75) is 26.2 Å². The molecule has 184 valence electrons. The summed E-state index contributed by atoms with van der Waals surface area (Å²) in [6, 6.07) is 12.6. The zero-order chi connectivity index (χ0) is 25.2. The summed E-state index contributed by atoms with van der Waals surface area (Å²) in [5.74, 6) is -1.30. The third-order valence-electron chi connectivity index (χ3n) is 5.83. The third kappa shape index (κ3) is 4.84. The maximum absolute atomic E-state index is 13.3. The van der Waals surface area contributed by atoms with E-state index in [1.54, 1.807) is 40.2 Å². The fourth-order valence-corrected chi connectivity index (χ4v) is 4.89. The number of carbonyl (C=O) groups excluding carboxylic acids is 2. The van der Waals surface area contributed by atoms with E-state index in [0.717, 1.165) is 30.8 Å². The molecular weight excluding hydrogens is 505 g/mol. The Morgan fingerprint density at radius 1 is 0.972 bits per heavy atom. The lowest BCUT2D eigenvalue weighted by atomic mass is 10.1. The molecule has 1 aliphatic rings. The molecule has 0 N–H and O–H groups in total. The largest absolute Gasteiger partial charge is 0.337 e. The van der Waals surface area contributed by atoms with Gasteiger partial charge in [0.1, 0.15) is 5.82 Å². The van der Waals surface area contributed by atoms with Crippen molar-refractivity contribution in [2.75, 3.05) is 13.1 Å². The highest BCUT2D eigenvalue weighted by molar-refractivity contribution is 7.04. The van der Waals surface area contributed by atoms with Crippen LogP contribution in [-0.2, 0) is 0 Å². The van der Waals surface area contributed by atoms with Gasteiger partial charge in [0, 0.05) is 18.1 Å². The average Bonchev–Trinajstić information content (AvgIpc) is 3.49. The van der Waals surface area contributed by atoms with Crippen LogP contribution >= 0.6 is 23.1 Å². The van der Waals surface area contributed by atoms with E-state index in [1.165, 1.54) is 28.9 Å². The average molecular weight is 526 g/mol. The van der Waals surface area contributed by atoms with E-state index in [1.807, 2.05) is 0 Å². The lowest BCUT2D eigenvalue weighted by Gasteiger charge is -2.25. The third-order valence-corrected chi connectivity index (χ3v) is 7.01. The maximum Gasteiger partial charge on any atom is 0.300 e. The van der Waals surface area contributed by atoms with Gasteiger partial charge in [-0.15, -0.1) is 10.2 Å². The number of likely N-dealkylation sites (tertiary alicyclic amines) is 1. The Hall–Kier alpha value is -3.70. The minimum atomic E-state index is -0.652. The standard InChI is InChI=1S/C24H21ClFN7O2S/c1-15-20(28-30-32(15)18-11-7-17(26)8-12-18)22(34)27-23-21(24(35)31-13-3-2-4-14-31)29-33(36-23)19-9-5-16(25)6-10-19/h5-12H,2-4,13-14H2,1H3. The zero-order valence-electron chi connectivity index (χ0n) is 19.3. The predicted octanol–water partition coefficient (Wildman–Crippen LogP) is 3.98. The lowest BCUT2D eigenvalue weighted by Crippen LogP contribution is -2.38. The molecule has 5 rings (SSSR count). The van der Waals surface area contributed by atoms with E-state index in [2.05, 4.69) is 20.4 Å². The number of hydrogen-bond donors (Lipinski definition) is 0. The van der Waals surface area contributed by atoms with Crippen LogP contribution in [0, 0.1) is 12.7 Å². The zero-order valence-corrected chi connectivity index (χ0v) is 20.8. The highest BCUT2D eigenvalue weighted by Gasteiger charge is 2.25. The minimum absolute atomic E-state index is 0.0298. The molecule has 2 amide bonds. The summed E-state index contributed by atoms with van der Waals surface area (Å²) < 4.78 is 16.5. The molecule has 1 aliphatic heterocycles. The summed E-state index contributed by atoms with van der Waals surface area (Å²) >= 11 is 7.08. The molecule has 0 spiro atoms. The molecular formula is C24H21ClFN7O2S. The van der Waals surface area contributed by atoms with Crippen LogP contribution < -0.4 is 4.67 Å². The molecule has 0 radical (unpaired) electrons. The van der Waals surface area contributed by atoms with Gasteiger partial charge in [0.15, 0.2) is 16.1 Å². The van der Waals surface area contributed by atoms with E-state index in [9.17, 15) is 14.0 Å². The van der Waals surface area contributed by atoms with Crippen molar-refractivity contribution in [2.24, 2.45) is 4.99 Å². The molecule has 1 saturated heterocycles. The van der Waals surface area contributed by atoms with Crippen LogP contribution in [0.3, 0.4) is 0 Å². The Morgan fingerprint density at radius 2 is 1.64 bits per heavy atom. The molecule has 0 unspecified atom stereocenters. The quantitative estimate of drug-likeness (QED) is 0.401. The van der Waals surface area contributed by atoms with Gasteiger partial charge in [0.2, 0.25) is 0 Å². The first-order valence-corrected chi connectivity index (χ1v) is 12.5. The van der Waals surface area contributed by atoms with E-state index in [0.29, 0.717) is 35.2 Å². The molecule has 12 heteroatoms. The van der Waals surface area contributed by atoms with Gasteiger partial charge >= 0.3 is 5.91 Å². The molecule has 2 aromatic carbocycles. The van der Waals surface area contributed by atoms with E-state index >= 15 is 0 Å². The number of hydrogen-bond acceptors (Lipinski definition) is 6. The van der Waals surface area contributed by atoms with Crippen LogP contribution in [0.2, 0.25) is 5.02 Å². The summed E-state index contributed by atoms with van der Waals surface area (Å²) in [4.78, 5) is 32.5. The molecule has 2 aromatic heterocycles. The Balaban J connectivity index is 1.54. The van der Waals surface area contributed by atoms with Crippen LogP contribution in [0.4, 0.5) is 4.39 Å². The second-order valence-electron chi connectivity index (χ2n) is 8.28. The number of benzene rings is 2. The second-order valence-corrected chi connectivity index (χ2v) is 9.63. The van der Waals surface area contributed by atoms with Crippen LogP contribution in [-0.4, -0.2) is 54.0 Å². The Kier molecular flexibility index (Phi) is 6.75. The van der Waals surface area contributed by atoms with Crippen molar-refractivity contribution in [1.82, 2.24) is 29.1 Å². The number of rotatable bonds is 4. The minimum Gasteiger partial charge on any atom is -0.337 e. The van der Waals surface area contributed by atoms with Gasteiger partial charge in [-0.25, -0.2) is 9.07 Å². The van der Waals surface area contributed by atoms with Crippen molar-refractivity contribution in [3.05, 3.63) is 81.1 Å². The molecule has 0 bridgehead atoms. The van der Waals surface area contributed by atoms with Crippen molar-refractivity contribution in [1.29, 1.82) is 0 Å². The number of nitrogens with zero attached hydrogens (tertiary/aromatic N) is 7. The molecule has 36 heavy (non-hydrogen) atoms. The molecule has 0 aliphatic carbocycles. The van der Waals surface area contributed by atoms with Gasteiger partial charge in [-0.1, -0.05) is 16.8 Å². The normalized spacial score (nSPS) is 14.3. The summed E-state index contributed by atoms with van der Waals surface area (Å²) in [7, 11) is 0. The monoisotopic (exact) mass is 525 g/mol. The lowest BCUT2D eigenvalue weighted by molar-refractivity contribution is 0.0716. The van der Waals surface area contributed by atoms with E-state index in [-0.39, 0.29) is 27.8 Å². The molecule has 9 nitrogen and oxygen atoms in total. The van der Waals surface area contributed by atoms with Crippen LogP contribution in [0.5, 0.6) is 0 Å². The van der Waals surface area contributed by atoms with Gasteiger partial charge in [0.05, 0.1) is 17.1 Å². The van der Waals surface area contributed by atoms with E-state index in [4.69, 9.17) is 11.6 Å². The van der Waals surface area contributed by atoms with Crippen LogP contribution in [0.1, 0.15) is 45.9 Å². The van der Waals surface area contributed by atoms with Crippen molar-refractivity contribution in [3.63, 3.8) is 0 Å². The number of halogens is 2. The Morgan fingerprint density at radius 3 is 2.33 bits per heavy atom. The molecule has 0 atom stereocenters. The smallest absolute Gasteiger partial charge is 0.300 e. The Bertz CT molecular complexity index is 1490. The van der Waals surface area contributed by atoms with Gasteiger partial charge in [-0.3, -0.25) is 9.59 Å². The number of amides is 2. The summed E-state index contributed by atoms with van der Waals surface area (Å²) in [6.07, 6.45) is 2.92. The first-order chi connectivity index (χ1) is 17.4. The fraction of sp³-hybridized carbons (Fsp3) is 0.250. The highest BCUT2D eigenvalue weighted by atomic mass is 35.5. The number of carbonyl (C=O) groups is 2. The van der Waals surface area contributed by atoms with Gasteiger partial charge in [-0.2, -0.15) is 9.06 Å². The van der Waals surface area contributed by atoms with Gasteiger partial charge in [-0.05, 0) is 86.2 Å². The highest BCUT2D eigenvalue weighted by Crippen LogP contribution is 2.17. The topological polar surface area (TPSA) is 98.3 Å². The van der Waals surface area contributed by atoms with E-state index < -0.39 is 5.91 Å². The molecule has 4 aromatic rings. The number of aromatic nitrogens is 5. The first kappa shape index (κ1) is 24.0. The second kappa shape index (κ2) is 10.1. The maximum atomic E-state index is 13.3. The van der Waals surface area contributed by atoms with Gasteiger partial charge in [0.25, 0.3) is 5.91 Å². The molecule has 0 saturated carbocycles. The molecule has 1 fully saturated rings. The van der Waals surface area contributed by atoms with Crippen LogP contribution in [0.25, 0.3) is 11.4 Å². The van der Waals surface area contributed by atoms with Crippen molar-refractivity contribution in [3.8, 4) is 11.4 Å². The van der Waals surface area contributed by atoms with Crippen molar-refractivity contribution >= 4 is 34.9 Å². The number of piperidine rings is 1. The summed E-state index contributed by atoms with van der Waals surface area (Å²) in [6.45, 7) is 2.94. The summed E-state index contributed by atoms with van der Waals surface area (Å²) in [5, 5.41) is 13.1. The predicted molar refractivity (Wildman–Crippen MR) is 132 cm³/mol. The SMILES string of the molecule is Cc1c(C(=O)N=c2sn(-c3ccc(Cl)cc3)nc2C(=O)N2CCCCC2)nnn1-c1ccc(F)cc1. The summed E-state index contributed by atoms with van der Waals surface area (Å²) in [5.41, 5.74) is 1.81. The Labute approximate surface area is 214 Å². The molecule has 3 heterocycles. The fourth-order valence-electron chi connectivity index (χ4n) is 3.91. The van der Waals surface area contributed by atoms with Gasteiger partial charge < -0.3 is 4.90 Å². The van der Waals surface area contributed by atoms with Crippen molar-refractivity contribution < 1.29 is 14.0 Å². The first-order valence-electron chi connectivity index (χ1n) is 11.3. The van der Waals surface area contributed by atoms with Crippen LogP contribution in [0.15, 0.2) is 53.5 Å².